The molecule has 0 spiro atoms. The first-order chi connectivity index (χ1) is 21.0. The number of carbonyl (C=O) groups excluding carboxylic acids is 1. The summed E-state index contributed by atoms with van der Waals surface area (Å²) >= 11 is -0.371. The van der Waals surface area contributed by atoms with Crippen molar-refractivity contribution in [1.82, 2.24) is 0 Å². The number of ether oxygens (including phenoxy) is 1. The number of para-hydroxylation sites is 3. The Balaban J connectivity index is 1.77. The molecule has 1 atom stereocenters. The van der Waals surface area contributed by atoms with Crippen LogP contribution >= 0.6 is 0 Å². The minimum absolute atomic E-state index is 0.0642. The number of nitrogens with zero attached hydrogens (tertiary/aromatic N) is 2. The number of rotatable bonds is 8. The minimum atomic E-state index is -0.460. The molecule has 0 radical (unpaired) electrons. The van der Waals surface area contributed by atoms with E-state index in [1.165, 1.54) is 38.0 Å². The summed E-state index contributed by atoms with van der Waals surface area (Å²) in [4.78, 5) is 17.8. The van der Waals surface area contributed by atoms with Crippen LogP contribution in [0.3, 0.4) is 0 Å². The van der Waals surface area contributed by atoms with Gasteiger partial charge in [-0.3, -0.25) is 0 Å². The van der Waals surface area contributed by atoms with E-state index in [1.54, 1.807) is 0 Å². The van der Waals surface area contributed by atoms with E-state index in [-0.39, 0.29) is 22.1 Å². The van der Waals surface area contributed by atoms with E-state index >= 15 is 0 Å². The van der Waals surface area contributed by atoms with Crippen LogP contribution in [0, 0.1) is 0 Å². The van der Waals surface area contributed by atoms with E-state index < -0.39 is 6.10 Å². The van der Waals surface area contributed by atoms with Crippen molar-refractivity contribution in [3.8, 4) is 5.75 Å². The van der Waals surface area contributed by atoms with Crippen LogP contribution < -0.4 is 19.9 Å². The second-order valence-corrected chi connectivity index (χ2v) is 15.0. The predicted molar refractivity (Wildman–Crippen MR) is 184 cm³/mol. The molecule has 2 aliphatic rings. The molecule has 1 fully saturated rings. The molecule has 0 aromatic heterocycles. The number of carbonyl (C=O) groups is 1. The Bertz CT molecular complexity index is 1470. The predicted octanol–water partition coefficient (Wildman–Crippen LogP) is 8.64. The van der Waals surface area contributed by atoms with E-state index in [4.69, 9.17) is 4.74 Å². The van der Waals surface area contributed by atoms with Gasteiger partial charge in [0.1, 0.15) is 0 Å². The fourth-order valence-electron chi connectivity index (χ4n) is 6.33. The van der Waals surface area contributed by atoms with Gasteiger partial charge in [-0.1, -0.05) is 0 Å². The van der Waals surface area contributed by atoms with Crippen LogP contribution in [0.1, 0.15) is 120 Å². The molecule has 1 N–H and O–H groups in total. The molecule has 1 amide bonds. The van der Waals surface area contributed by atoms with E-state index in [2.05, 4.69) is 118 Å². The Morgan fingerprint density at radius 3 is 1.66 bits per heavy atom. The van der Waals surface area contributed by atoms with Crippen LogP contribution in [-0.2, 0) is 21.0 Å². The molecule has 2 heterocycles. The standard InChI is InChI=1S/C27H38N2.C11H11NO2.Ru/c1-18(2)22-11-9-12-23(19(3)4)26(22)28-15-16-29(17-28)27-24(20(5)6)13-10-14-25(27)21(7)8;1-3-9-11(13)12-8-6-4-5-7(2)10(8)14-9;/h9-14,18-21H,15-16H2,1-8H3;2,4-6,9H,3H2,1H3,(H,12,13);. The zero-order valence-corrected chi connectivity index (χ0v) is 29.6. The molecular weight excluding hydrogens is 632 g/mol. The maximum atomic E-state index is 12.6. The summed E-state index contributed by atoms with van der Waals surface area (Å²) in [6.07, 6.45) is 0.179. The molecular formula is C38H49N3O2Ru. The molecule has 1 saturated heterocycles. The van der Waals surface area contributed by atoms with Crippen molar-refractivity contribution < 1.29 is 25.8 Å². The molecule has 236 valence electrons. The number of amides is 1. The van der Waals surface area contributed by atoms with Crippen LogP contribution in [-0.4, -0.2) is 34.1 Å². The molecule has 0 saturated carbocycles. The quantitative estimate of drug-likeness (QED) is 0.242. The molecule has 5 nitrogen and oxygen atoms in total. The van der Waals surface area contributed by atoms with Crippen molar-refractivity contribution in [3.63, 3.8) is 0 Å². The fourth-order valence-corrected chi connectivity index (χ4v) is 8.54. The molecule has 1 unspecified atom stereocenters. The molecule has 5 rings (SSSR count). The molecule has 3 aromatic rings. The van der Waals surface area contributed by atoms with Crippen molar-refractivity contribution in [2.45, 2.75) is 98.5 Å². The van der Waals surface area contributed by atoms with Gasteiger partial charge in [-0.15, -0.1) is 0 Å². The second-order valence-electron chi connectivity index (χ2n) is 13.2. The summed E-state index contributed by atoms with van der Waals surface area (Å²) in [6, 6.07) is 19.8. The molecule has 2 aliphatic heterocycles. The molecule has 3 aromatic carbocycles. The third-order valence-electron chi connectivity index (χ3n) is 8.68. The number of nitrogens with one attached hydrogen (secondary N) is 1. The van der Waals surface area contributed by atoms with Crippen LogP contribution in [0.2, 0.25) is 0 Å². The first-order valence-electron chi connectivity index (χ1n) is 16.2. The summed E-state index contributed by atoms with van der Waals surface area (Å²) in [5.41, 5.74) is 10.2. The number of fused-ring (bicyclic) bond motifs is 1. The van der Waals surface area contributed by atoms with Gasteiger partial charge in [-0.05, 0) is 0 Å². The maximum absolute atomic E-state index is 12.6. The molecule has 44 heavy (non-hydrogen) atoms. The Labute approximate surface area is 271 Å². The van der Waals surface area contributed by atoms with Gasteiger partial charge in [-0.25, -0.2) is 0 Å². The monoisotopic (exact) mass is 681 g/mol. The second kappa shape index (κ2) is 13.5. The van der Waals surface area contributed by atoms with Gasteiger partial charge in [0.05, 0.1) is 0 Å². The zero-order valence-electron chi connectivity index (χ0n) is 27.8. The Morgan fingerprint density at radius 2 is 1.23 bits per heavy atom. The summed E-state index contributed by atoms with van der Waals surface area (Å²) in [5.74, 6) is 2.38. The van der Waals surface area contributed by atoms with Crippen molar-refractivity contribution in [1.29, 1.82) is 0 Å². The number of hydrogen-bond donors (Lipinski definition) is 1. The topological polar surface area (TPSA) is 44.8 Å². The van der Waals surface area contributed by atoms with Crippen molar-refractivity contribution >= 4 is 31.9 Å². The molecule has 0 bridgehead atoms. The average Bonchev–Trinajstić information content (AvgIpc) is 3.41. The Morgan fingerprint density at radius 1 is 0.773 bits per heavy atom. The summed E-state index contributed by atoms with van der Waals surface area (Å²) in [5, 5.41) is 3.08. The normalized spacial score (nSPS) is 16.7. The van der Waals surface area contributed by atoms with Gasteiger partial charge < -0.3 is 0 Å². The third-order valence-corrected chi connectivity index (χ3v) is 10.9. The van der Waals surface area contributed by atoms with Crippen LogP contribution in [0.4, 0.5) is 17.1 Å². The van der Waals surface area contributed by atoms with Gasteiger partial charge in [0.25, 0.3) is 0 Å². The van der Waals surface area contributed by atoms with Gasteiger partial charge >= 0.3 is 273 Å². The Hall–Kier alpha value is -3.11. The third kappa shape index (κ3) is 6.20. The van der Waals surface area contributed by atoms with Gasteiger partial charge in [0.15, 0.2) is 0 Å². The van der Waals surface area contributed by atoms with E-state index in [9.17, 15) is 4.79 Å². The van der Waals surface area contributed by atoms with E-state index in [1.807, 2.05) is 19.1 Å². The number of anilines is 3. The SMILES string of the molecule is CCC1Oc2c([CH]=[Ru]=[C]3N(c4c(C(C)C)cccc4C(C)C)CCN3c3c(C(C)C)cccc3C(C)C)cccc2NC1=O. The summed E-state index contributed by atoms with van der Waals surface area (Å²) in [6.45, 7) is 22.4. The van der Waals surface area contributed by atoms with Crippen LogP contribution in [0.5, 0.6) is 5.75 Å². The number of benzene rings is 3. The molecule has 0 aliphatic carbocycles. The number of hydrogen-bond acceptors (Lipinski definition) is 4. The van der Waals surface area contributed by atoms with Crippen LogP contribution in [0.25, 0.3) is 0 Å². The van der Waals surface area contributed by atoms with Gasteiger partial charge in [-0.2, -0.15) is 0 Å². The van der Waals surface area contributed by atoms with E-state index in [0.717, 1.165) is 30.1 Å². The Kier molecular flexibility index (Phi) is 9.90. The van der Waals surface area contributed by atoms with Crippen molar-refractivity contribution in [2.75, 3.05) is 28.2 Å². The van der Waals surface area contributed by atoms with Crippen molar-refractivity contribution in [3.05, 3.63) is 82.4 Å². The fraction of sp³-hybridized carbons (Fsp3) is 0.447. The van der Waals surface area contributed by atoms with Crippen molar-refractivity contribution in [2.24, 2.45) is 0 Å². The molecule has 6 heteroatoms. The summed E-state index contributed by atoms with van der Waals surface area (Å²) < 4.78 is 10.1. The van der Waals surface area contributed by atoms with E-state index in [0.29, 0.717) is 30.1 Å². The summed E-state index contributed by atoms with van der Waals surface area (Å²) in [7, 11) is 0. The first-order valence-corrected chi connectivity index (χ1v) is 18.1. The first kappa shape index (κ1) is 32.3. The average molecular weight is 681 g/mol. The van der Waals surface area contributed by atoms with Gasteiger partial charge in [0.2, 0.25) is 0 Å². The van der Waals surface area contributed by atoms with Gasteiger partial charge in [0, 0.05) is 0 Å². The zero-order chi connectivity index (χ0) is 31.7. The van der Waals surface area contributed by atoms with Crippen LogP contribution in [0.15, 0.2) is 54.6 Å².